The molecule has 124 valence electrons. The summed E-state index contributed by atoms with van der Waals surface area (Å²) in [5.41, 5.74) is 0.377. The van der Waals surface area contributed by atoms with E-state index in [9.17, 15) is 18.0 Å². The van der Waals surface area contributed by atoms with E-state index in [0.717, 1.165) is 0 Å². The predicted molar refractivity (Wildman–Crippen MR) is 85.5 cm³/mol. The number of aromatic amines is 1. The van der Waals surface area contributed by atoms with Gasteiger partial charge in [-0.1, -0.05) is 29.3 Å². The number of rotatable bonds is 2. The SMILES string of the molecule is O=C(Nc1cccc2[nH]c(C(F)(F)F)nc12)c1cc(Cl)ccc1Cl. The van der Waals surface area contributed by atoms with Crippen LogP contribution in [0.4, 0.5) is 18.9 Å². The first-order chi connectivity index (χ1) is 11.3. The van der Waals surface area contributed by atoms with Gasteiger partial charge in [-0.05, 0) is 30.3 Å². The third-order valence-electron chi connectivity index (χ3n) is 3.20. The molecule has 0 aliphatic carbocycles. The number of carbonyl (C=O) groups is 1. The number of carbonyl (C=O) groups excluding carboxylic acids is 1. The van der Waals surface area contributed by atoms with Crippen molar-refractivity contribution in [2.24, 2.45) is 0 Å². The largest absolute Gasteiger partial charge is 0.449 e. The standard InChI is InChI=1S/C15H8Cl2F3N3O/c16-7-4-5-9(17)8(6-7)13(24)21-10-2-1-3-11-12(10)23-14(22-11)15(18,19)20/h1-6H,(H,21,24)(H,22,23). The zero-order chi connectivity index (χ0) is 17.5. The molecule has 0 aliphatic heterocycles. The van der Waals surface area contributed by atoms with Crippen molar-refractivity contribution in [2.75, 3.05) is 5.32 Å². The Balaban J connectivity index is 1.99. The Hall–Kier alpha value is -2.25. The maximum absolute atomic E-state index is 12.8. The lowest BCUT2D eigenvalue weighted by Crippen LogP contribution is -2.13. The van der Waals surface area contributed by atoms with Gasteiger partial charge in [0.25, 0.3) is 5.91 Å². The van der Waals surface area contributed by atoms with Crippen LogP contribution in [0.3, 0.4) is 0 Å². The van der Waals surface area contributed by atoms with Gasteiger partial charge in [-0.2, -0.15) is 13.2 Å². The molecule has 9 heteroatoms. The molecule has 3 aromatic rings. The van der Waals surface area contributed by atoms with Gasteiger partial charge >= 0.3 is 6.18 Å². The molecular formula is C15H8Cl2F3N3O. The molecule has 1 amide bonds. The molecule has 2 N–H and O–H groups in total. The maximum atomic E-state index is 12.8. The minimum atomic E-state index is -4.61. The Morgan fingerprint density at radius 2 is 1.92 bits per heavy atom. The Bertz CT molecular complexity index is 937. The lowest BCUT2D eigenvalue weighted by Gasteiger charge is -2.07. The number of para-hydroxylation sites is 1. The van der Waals surface area contributed by atoms with Crippen molar-refractivity contribution < 1.29 is 18.0 Å². The summed E-state index contributed by atoms with van der Waals surface area (Å²) in [6, 6.07) is 8.71. The average molecular weight is 374 g/mol. The predicted octanol–water partition coefficient (Wildman–Crippen LogP) is 5.14. The number of imidazole rings is 1. The number of amides is 1. The highest BCUT2D eigenvalue weighted by Gasteiger charge is 2.35. The monoisotopic (exact) mass is 373 g/mol. The molecule has 0 aliphatic rings. The van der Waals surface area contributed by atoms with E-state index in [4.69, 9.17) is 23.2 Å². The van der Waals surface area contributed by atoms with Crippen molar-refractivity contribution in [1.82, 2.24) is 9.97 Å². The van der Waals surface area contributed by atoms with Gasteiger partial charge in [0.15, 0.2) is 0 Å². The van der Waals surface area contributed by atoms with Crippen molar-refractivity contribution in [3.8, 4) is 0 Å². The molecule has 3 rings (SSSR count). The van der Waals surface area contributed by atoms with Crippen LogP contribution in [-0.2, 0) is 6.18 Å². The molecule has 1 aromatic heterocycles. The fourth-order valence-corrected chi connectivity index (χ4v) is 2.50. The second-order valence-electron chi connectivity index (χ2n) is 4.86. The van der Waals surface area contributed by atoms with Gasteiger partial charge in [-0.25, -0.2) is 4.98 Å². The number of nitrogens with one attached hydrogen (secondary N) is 2. The van der Waals surface area contributed by atoms with Crippen molar-refractivity contribution in [2.45, 2.75) is 6.18 Å². The van der Waals surface area contributed by atoms with Gasteiger partial charge in [0.2, 0.25) is 5.82 Å². The van der Waals surface area contributed by atoms with Crippen molar-refractivity contribution in [3.63, 3.8) is 0 Å². The van der Waals surface area contributed by atoms with Gasteiger partial charge in [0, 0.05) is 5.02 Å². The number of nitrogens with zero attached hydrogens (tertiary/aromatic N) is 1. The zero-order valence-corrected chi connectivity index (χ0v) is 13.2. The summed E-state index contributed by atoms with van der Waals surface area (Å²) in [5.74, 6) is -1.74. The van der Waals surface area contributed by atoms with E-state index >= 15 is 0 Å². The van der Waals surface area contributed by atoms with Crippen LogP contribution < -0.4 is 5.32 Å². The van der Waals surface area contributed by atoms with Crippen molar-refractivity contribution in [3.05, 3.63) is 57.8 Å². The van der Waals surface area contributed by atoms with Gasteiger partial charge in [0.1, 0.15) is 5.52 Å². The number of aromatic nitrogens is 2. The zero-order valence-electron chi connectivity index (χ0n) is 11.7. The molecule has 0 atom stereocenters. The van der Waals surface area contributed by atoms with E-state index in [1.807, 2.05) is 0 Å². The normalized spacial score (nSPS) is 11.7. The number of hydrogen-bond acceptors (Lipinski definition) is 2. The highest BCUT2D eigenvalue weighted by atomic mass is 35.5. The molecule has 2 aromatic carbocycles. The molecule has 0 saturated heterocycles. The number of alkyl halides is 3. The van der Waals surface area contributed by atoms with Crippen LogP contribution in [-0.4, -0.2) is 15.9 Å². The van der Waals surface area contributed by atoms with Crippen LogP contribution in [0.5, 0.6) is 0 Å². The molecule has 0 saturated carbocycles. The molecule has 0 fully saturated rings. The summed E-state index contributed by atoms with van der Waals surface area (Å²) < 4.78 is 38.3. The highest BCUT2D eigenvalue weighted by Crippen LogP contribution is 2.31. The van der Waals surface area contributed by atoms with Gasteiger partial charge < -0.3 is 10.3 Å². The minimum Gasteiger partial charge on any atom is -0.334 e. The average Bonchev–Trinajstić information content (AvgIpc) is 2.95. The summed E-state index contributed by atoms with van der Waals surface area (Å²) in [5, 5.41) is 2.98. The van der Waals surface area contributed by atoms with Crippen LogP contribution in [0.1, 0.15) is 16.2 Å². The van der Waals surface area contributed by atoms with Gasteiger partial charge in [-0.15, -0.1) is 0 Å². The van der Waals surface area contributed by atoms with E-state index in [-0.39, 0.29) is 27.3 Å². The summed E-state index contributed by atoms with van der Waals surface area (Å²) in [7, 11) is 0. The molecule has 0 radical (unpaired) electrons. The summed E-state index contributed by atoms with van der Waals surface area (Å²) in [6.07, 6.45) is -4.61. The van der Waals surface area contributed by atoms with Crippen LogP contribution in [0.25, 0.3) is 11.0 Å². The summed E-state index contributed by atoms with van der Waals surface area (Å²) in [6.45, 7) is 0. The molecule has 4 nitrogen and oxygen atoms in total. The van der Waals surface area contributed by atoms with E-state index in [0.29, 0.717) is 5.02 Å². The summed E-state index contributed by atoms with van der Waals surface area (Å²) in [4.78, 5) is 18.0. The number of anilines is 1. The third kappa shape index (κ3) is 3.18. The Morgan fingerprint density at radius 1 is 1.17 bits per heavy atom. The first-order valence-corrected chi connectivity index (χ1v) is 7.33. The van der Waals surface area contributed by atoms with Crippen molar-refractivity contribution in [1.29, 1.82) is 0 Å². The van der Waals surface area contributed by atoms with E-state index < -0.39 is 17.9 Å². The third-order valence-corrected chi connectivity index (χ3v) is 3.77. The number of halogens is 5. The molecular weight excluding hydrogens is 366 g/mol. The maximum Gasteiger partial charge on any atom is 0.449 e. The fourth-order valence-electron chi connectivity index (χ4n) is 2.13. The number of fused-ring (bicyclic) bond motifs is 1. The Kier molecular flexibility index (Phi) is 4.15. The first kappa shape index (κ1) is 16.6. The molecule has 24 heavy (non-hydrogen) atoms. The summed E-state index contributed by atoms with van der Waals surface area (Å²) >= 11 is 11.8. The van der Waals surface area contributed by atoms with Gasteiger partial charge in [0.05, 0.1) is 21.8 Å². The Labute approximate surface area is 143 Å². The number of H-pyrrole nitrogens is 1. The second-order valence-corrected chi connectivity index (χ2v) is 5.71. The second kappa shape index (κ2) is 5.99. The van der Waals surface area contributed by atoms with Crippen LogP contribution >= 0.6 is 23.2 Å². The molecule has 0 spiro atoms. The lowest BCUT2D eigenvalue weighted by molar-refractivity contribution is -0.144. The lowest BCUT2D eigenvalue weighted by atomic mass is 10.2. The van der Waals surface area contributed by atoms with Crippen LogP contribution in [0.15, 0.2) is 36.4 Å². The quantitative estimate of drug-likeness (QED) is 0.653. The molecule has 0 unspecified atom stereocenters. The van der Waals surface area contributed by atoms with Crippen LogP contribution in [0.2, 0.25) is 10.0 Å². The topological polar surface area (TPSA) is 57.8 Å². The molecule has 1 heterocycles. The first-order valence-electron chi connectivity index (χ1n) is 6.58. The van der Waals surface area contributed by atoms with E-state index in [1.165, 1.54) is 36.4 Å². The molecule has 0 bridgehead atoms. The van der Waals surface area contributed by atoms with Crippen LogP contribution in [0, 0.1) is 0 Å². The smallest absolute Gasteiger partial charge is 0.334 e. The van der Waals surface area contributed by atoms with E-state index in [2.05, 4.69) is 15.3 Å². The highest BCUT2D eigenvalue weighted by molar-refractivity contribution is 6.36. The van der Waals surface area contributed by atoms with E-state index in [1.54, 1.807) is 0 Å². The minimum absolute atomic E-state index is 0.00340. The number of benzene rings is 2. The van der Waals surface area contributed by atoms with Gasteiger partial charge in [-0.3, -0.25) is 4.79 Å². The van der Waals surface area contributed by atoms with Crippen molar-refractivity contribution >= 4 is 45.8 Å². The number of hydrogen-bond donors (Lipinski definition) is 2. The fraction of sp³-hybridized carbons (Fsp3) is 0.0667. The Morgan fingerprint density at radius 3 is 2.62 bits per heavy atom.